The van der Waals surface area contributed by atoms with Crippen LogP contribution in [0.25, 0.3) is 0 Å². The molecule has 0 fully saturated rings. The fourth-order valence-corrected chi connectivity index (χ4v) is 1.38. The molecule has 3 amide bonds. The van der Waals surface area contributed by atoms with E-state index in [4.69, 9.17) is 14.6 Å². The third-order valence-corrected chi connectivity index (χ3v) is 2.30. The first-order chi connectivity index (χ1) is 11.1. The van der Waals surface area contributed by atoms with Gasteiger partial charge in [-0.1, -0.05) is 6.58 Å². The lowest BCUT2D eigenvalue weighted by Gasteiger charge is -2.28. The number of aliphatic carboxylic acids is 1. The average molecular weight is 358 g/mol. The zero-order chi connectivity index (χ0) is 20.0. The first-order valence-electron chi connectivity index (χ1n) is 7.53. The summed E-state index contributed by atoms with van der Waals surface area (Å²) in [7, 11) is 0. The largest absolute Gasteiger partial charge is 0.480 e. The van der Waals surface area contributed by atoms with Crippen LogP contribution in [0.3, 0.4) is 0 Å². The number of carboxylic acid groups (broad SMARTS) is 1. The molecule has 0 spiro atoms. The Morgan fingerprint density at radius 1 is 0.960 bits per heavy atom. The van der Waals surface area contributed by atoms with Gasteiger partial charge in [-0.3, -0.25) is 9.59 Å². The number of amides is 3. The fourth-order valence-electron chi connectivity index (χ4n) is 1.38. The zero-order valence-electron chi connectivity index (χ0n) is 15.5. The van der Waals surface area contributed by atoms with Crippen LogP contribution in [0.1, 0.15) is 41.5 Å². The molecule has 9 heteroatoms. The third kappa shape index (κ3) is 10.0. The lowest BCUT2D eigenvalue weighted by atomic mass is 10.2. The molecule has 0 saturated carbocycles. The molecular weight excluding hydrogens is 332 g/mol. The maximum Gasteiger partial charge on any atom is 0.420 e. The van der Waals surface area contributed by atoms with Crippen molar-refractivity contribution in [3.05, 3.63) is 12.2 Å². The molecule has 0 bridgehead atoms. The highest BCUT2D eigenvalue weighted by atomic mass is 16.6. The van der Waals surface area contributed by atoms with Crippen LogP contribution in [0.2, 0.25) is 0 Å². The summed E-state index contributed by atoms with van der Waals surface area (Å²) in [4.78, 5) is 47.4. The van der Waals surface area contributed by atoms with Crippen molar-refractivity contribution in [3.63, 3.8) is 0 Å². The van der Waals surface area contributed by atoms with Crippen LogP contribution in [0.4, 0.5) is 9.59 Å². The van der Waals surface area contributed by atoms with Gasteiger partial charge >= 0.3 is 18.2 Å². The topological polar surface area (TPSA) is 122 Å². The first-order valence-corrected chi connectivity index (χ1v) is 7.53. The van der Waals surface area contributed by atoms with Gasteiger partial charge in [0, 0.05) is 5.57 Å². The Balaban J connectivity index is 5.21. The van der Waals surface area contributed by atoms with E-state index in [1.54, 1.807) is 41.5 Å². The number of rotatable bonds is 5. The van der Waals surface area contributed by atoms with Crippen LogP contribution < -0.4 is 5.32 Å². The Bertz CT molecular complexity index is 528. The van der Waals surface area contributed by atoms with E-state index in [0.29, 0.717) is 4.90 Å². The van der Waals surface area contributed by atoms with Gasteiger partial charge in [-0.2, -0.15) is 0 Å². The van der Waals surface area contributed by atoms with Crippen LogP contribution in [-0.2, 0) is 19.1 Å². The Morgan fingerprint density at radius 2 is 1.36 bits per heavy atom. The minimum Gasteiger partial charge on any atom is -0.480 e. The van der Waals surface area contributed by atoms with Crippen LogP contribution in [0.15, 0.2) is 12.2 Å². The summed E-state index contributed by atoms with van der Waals surface area (Å²) in [6.07, 6.45) is -2.01. The molecule has 2 N–H and O–H groups in total. The molecule has 0 aromatic carbocycles. The molecule has 0 radical (unpaired) electrons. The molecule has 142 valence electrons. The summed E-state index contributed by atoms with van der Waals surface area (Å²) in [5.41, 5.74) is -1.94. The van der Waals surface area contributed by atoms with Gasteiger partial charge < -0.3 is 19.9 Å². The number of carbonyl (C=O) groups excluding carboxylic acids is 3. The molecule has 0 aromatic rings. The SMILES string of the molecule is C=C(CN(C(=O)OC(C)(C)C)C(=O)OC(C)(C)C)C(=O)NCC(=O)O. The van der Waals surface area contributed by atoms with E-state index in [2.05, 4.69) is 11.9 Å². The summed E-state index contributed by atoms with van der Waals surface area (Å²) in [6.45, 7) is 12.1. The van der Waals surface area contributed by atoms with Crippen molar-refractivity contribution in [1.29, 1.82) is 0 Å². The van der Waals surface area contributed by atoms with Gasteiger partial charge in [0.2, 0.25) is 5.91 Å². The van der Waals surface area contributed by atoms with E-state index in [0.717, 1.165) is 0 Å². The second kappa shape index (κ2) is 8.50. The van der Waals surface area contributed by atoms with Gasteiger partial charge in [-0.15, -0.1) is 0 Å². The molecule has 0 aliphatic rings. The number of carboxylic acids is 1. The highest BCUT2D eigenvalue weighted by Gasteiger charge is 2.32. The molecule has 0 heterocycles. The van der Waals surface area contributed by atoms with Crippen LogP contribution >= 0.6 is 0 Å². The average Bonchev–Trinajstić information content (AvgIpc) is 2.37. The molecule has 0 rings (SSSR count). The van der Waals surface area contributed by atoms with Crippen molar-refractivity contribution < 1.29 is 33.8 Å². The summed E-state index contributed by atoms with van der Waals surface area (Å²) in [5.74, 6) is -2.04. The van der Waals surface area contributed by atoms with Gasteiger partial charge in [0.05, 0.1) is 6.54 Å². The Labute approximate surface area is 147 Å². The second-order valence-corrected chi connectivity index (χ2v) is 7.23. The van der Waals surface area contributed by atoms with Crippen molar-refractivity contribution in [3.8, 4) is 0 Å². The molecule has 0 aliphatic carbocycles. The van der Waals surface area contributed by atoms with E-state index < -0.39 is 48.4 Å². The number of ether oxygens (including phenoxy) is 2. The molecule has 9 nitrogen and oxygen atoms in total. The maximum atomic E-state index is 12.2. The quantitative estimate of drug-likeness (QED) is 0.720. The minimum absolute atomic E-state index is 0.196. The first kappa shape index (κ1) is 22.4. The van der Waals surface area contributed by atoms with Gasteiger partial charge in [-0.05, 0) is 41.5 Å². The number of hydrogen-bond donors (Lipinski definition) is 2. The van der Waals surface area contributed by atoms with Gasteiger partial charge in [0.1, 0.15) is 17.7 Å². The van der Waals surface area contributed by atoms with E-state index in [-0.39, 0.29) is 5.57 Å². The molecule has 0 unspecified atom stereocenters. The van der Waals surface area contributed by atoms with E-state index in [9.17, 15) is 19.2 Å². The number of imide groups is 1. The highest BCUT2D eigenvalue weighted by Crippen LogP contribution is 2.15. The monoisotopic (exact) mass is 358 g/mol. The molecule has 0 saturated heterocycles. The van der Waals surface area contributed by atoms with Gasteiger partial charge in [0.25, 0.3) is 0 Å². The Morgan fingerprint density at radius 3 is 1.68 bits per heavy atom. The number of nitrogens with zero attached hydrogens (tertiary/aromatic N) is 1. The van der Waals surface area contributed by atoms with Crippen molar-refractivity contribution in [1.82, 2.24) is 10.2 Å². The van der Waals surface area contributed by atoms with Crippen molar-refractivity contribution in [2.45, 2.75) is 52.7 Å². The van der Waals surface area contributed by atoms with E-state index in [1.165, 1.54) is 0 Å². The predicted molar refractivity (Wildman–Crippen MR) is 89.0 cm³/mol. The molecule has 25 heavy (non-hydrogen) atoms. The second-order valence-electron chi connectivity index (χ2n) is 7.23. The smallest absolute Gasteiger partial charge is 0.420 e. The maximum absolute atomic E-state index is 12.2. The van der Waals surface area contributed by atoms with Crippen molar-refractivity contribution in [2.24, 2.45) is 0 Å². The normalized spacial score (nSPS) is 11.3. The molecule has 0 aromatic heterocycles. The molecule has 0 aliphatic heterocycles. The number of carbonyl (C=O) groups is 4. The summed E-state index contributed by atoms with van der Waals surface area (Å²) in [6, 6.07) is 0. The Kier molecular flexibility index (Phi) is 7.62. The summed E-state index contributed by atoms with van der Waals surface area (Å²) >= 11 is 0. The third-order valence-electron chi connectivity index (χ3n) is 2.30. The Hall–Kier alpha value is -2.58. The lowest BCUT2D eigenvalue weighted by molar-refractivity contribution is -0.137. The lowest BCUT2D eigenvalue weighted by Crippen LogP contribution is -2.45. The number of nitrogens with one attached hydrogen (secondary N) is 1. The van der Waals surface area contributed by atoms with E-state index >= 15 is 0 Å². The van der Waals surface area contributed by atoms with Crippen molar-refractivity contribution >= 4 is 24.1 Å². The highest BCUT2D eigenvalue weighted by molar-refractivity contribution is 5.97. The van der Waals surface area contributed by atoms with Crippen LogP contribution in [0.5, 0.6) is 0 Å². The minimum atomic E-state index is -1.24. The van der Waals surface area contributed by atoms with Crippen molar-refractivity contribution in [2.75, 3.05) is 13.1 Å². The summed E-state index contributed by atoms with van der Waals surface area (Å²) < 4.78 is 10.3. The van der Waals surface area contributed by atoms with Gasteiger partial charge in [0.15, 0.2) is 0 Å². The number of hydrogen-bond acceptors (Lipinski definition) is 6. The fraction of sp³-hybridized carbons (Fsp3) is 0.625. The van der Waals surface area contributed by atoms with Crippen LogP contribution in [0, 0.1) is 0 Å². The van der Waals surface area contributed by atoms with Gasteiger partial charge in [-0.25, -0.2) is 14.5 Å². The molecule has 0 atom stereocenters. The molecular formula is C16H26N2O7. The van der Waals surface area contributed by atoms with Crippen LogP contribution in [-0.4, -0.2) is 58.4 Å². The summed E-state index contributed by atoms with van der Waals surface area (Å²) in [5, 5.41) is 10.6. The predicted octanol–water partition coefficient (Wildman–Crippen LogP) is 1.92. The van der Waals surface area contributed by atoms with E-state index in [1.807, 2.05) is 0 Å². The zero-order valence-corrected chi connectivity index (χ0v) is 15.5. The standard InChI is InChI=1S/C16H26N2O7/c1-10(12(21)17-8-11(19)20)9-18(13(22)24-15(2,3)4)14(23)25-16(5,6)7/h1,8-9H2,2-7H3,(H,17,21)(H,19,20).